The van der Waals surface area contributed by atoms with E-state index in [1.807, 2.05) is 36.4 Å². The van der Waals surface area contributed by atoms with E-state index in [-0.39, 0.29) is 0 Å². The number of hydrogen-bond acceptors (Lipinski definition) is 4. The van der Waals surface area contributed by atoms with Crippen LogP contribution in [0.2, 0.25) is 0 Å². The van der Waals surface area contributed by atoms with Crippen molar-refractivity contribution >= 4 is 11.6 Å². The molecule has 1 aromatic heterocycles. The van der Waals surface area contributed by atoms with Crippen LogP contribution in [0.3, 0.4) is 0 Å². The van der Waals surface area contributed by atoms with E-state index >= 15 is 0 Å². The van der Waals surface area contributed by atoms with Gasteiger partial charge in [-0.25, -0.2) is 9.97 Å². The Morgan fingerprint density at radius 1 is 1.25 bits per heavy atom. The van der Waals surface area contributed by atoms with Gasteiger partial charge in [-0.2, -0.15) is 0 Å². The number of benzene rings is 1. The van der Waals surface area contributed by atoms with E-state index in [0.29, 0.717) is 17.7 Å². The third-order valence-electron chi connectivity index (χ3n) is 3.91. The maximum absolute atomic E-state index is 5.97. The standard InChI is InChI=1S/C16H20N4/c1-2-13-9-6-10-20(13)15-11-14(17)18-16(19-15)12-7-4-3-5-8-12/h3-5,7-8,11,13H,2,6,9-10H2,1H3,(H2,17,18,19). The summed E-state index contributed by atoms with van der Waals surface area (Å²) in [7, 11) is 0. The van der Waals surface area contributed by atoms with Crippen LogP contribution in [0.4, 0.5) is 11.6 Å². The largest absolute Gasteiger partial charge is 0.384 e. The Labute approximate surface area is 119 Å². The summed E-state index contributed by atoms with van der Waals surface area (Å²) < 4.78 is 0. The predicted octanol–water partition coefficient (Wildman–Crippen LogP) is 3.10. The molecule has 3 rings (SSSR count). The fraction of sp³-hybridized carbons (Fsp3) is 0.375. The molecule has 20 heavy (non-hydrogen) atoms. The fourth-order valence-corrected chi connectivity index (χ4v) is 2.88. The molecule has 0 amide bonds. The number of anilines is 2. The van der Waals surface area contributed by atoms with E-state index in [0.717, 1.165) is 24.3 Å². The molecule has 1 atom stereocenters. The molecule has 0 bridgehead atoms. The maximum atomic E-state index is 5.97. The summed E-state index contributed by atoms with van der Waals surface area (Å²) in [5.74, 6) is 2.21. The summed E-state index contributed by atoms with van der Waals surface area (Å²) in [6.45, 7) is 3.29. The van der Waals surface area contributed by atoms with Gasteiger partial charge in [0.25, 0.3) is 0 Å². The number of nitrogens with two attached hydrogens (primary N) is 1. The monoisotopic (exact) mass is 268 g/mol. The zero-order valence-corrected chi connectivity index (χ0v) is 11.8. The Bertz CT molecular complexity index is 582. The quantitative estimate of drug-likeness (QED) is 0.929. The van der Waals surface area contributed by atoms with Crippen molar-refractivity contribution in [1.29, 1.82) is 0 Å². The summed E-state index contributed by atoms with van der Waals surface area (Å²) in [5, 5.41) is 0. The zero-order chi connectivity index (χ0) is 13.9. The van der Waals surface area contributed by atoms with Gasteiger partial charge in [0.15, 0.2) is 5.82 Å². The molecule has 4 heteroatoms. The third kappa shape index (κ3) is 2.46. The van der Waals surface area contributed by atoms with Gasteiger partial charge in [-0.3, -0.25) is 0 Å². The van der Waals surface area contributed by atoms with Crippen molar-refractivity contribution < 1.29 is 0 Å². The van der Waals surface area contributed by atoms with Crippen molar-refractivity contribution in [3.8, 4) is 11.4 Å². The first-order valence-corrected chi connectivity index (χ1v) is 7.24. The Kier molecular flexibility index (Phi) is 3.54. The van der Waals surface area contributed by atoms with E-state index in [1.165, 1.54) is 12.8 Å². The van der Waals surface area contributed by atoms with Gasteiger partial charge >= 0.3 is 0 Å². The summed E-state index contributed by atoms with van der Waals surface area (Å²) in [5.41, 5.74) is 6.98. The molecule has 1 saturated heterocycles. The highest BCUT2D eigenvalue weighted by molar-refractivity contribution is 5.61. The van der Waals surface area contributed by atoms with Crippen LogP contribution >= 0.6 is 0 Å². The predicted molar refractivity (Wildman–Crippen MR) is 82.5 cm³/mol. The molecule has 0 radical (unpaired) electrons. The van der Waals surface area contributed by atoms with E-state index < -0.39 is 0 Å². The van der Waals surface area contributed by atoms with E-state index in [1.54, 1.807) is 0 Å². The molecule has 0 spiro atoms. The summed E-state index contributed by atoms with van der Waals surface area (Å²) in [4.78, 5) is 11.5. The van der Waals surface area contributed by atoms with Crippen molar-refractivity contribution in [2.24, 2.45) is 0 Å². The molecule has 0 aliphatic carbocycles. The second kappa shape index (κ2) is 5.49. The lowest BCUT2D eigenvalue weighted by atomic mass is 10.2. The van der Waals surface area contributed by atoms with E-state index in [2.05, 4.69) is 16.8 Å². The number of nitrogen functional groups attached to an aromatic ring is 1. The van der Waals surface area contributed by atoms with E-state index in [4.69, 9.17) is 10.7 Å². The molecule has 4 nitrogen and oxygen atoms in total. The highest BCUT2D eigenvalue weighted by Crippen LogP contribution is 2.28. The minimum Gasteiger partial charge on any atom is -0.384 e. The van der Waals surface area contributed by atoms with Gasteiger partial charge in [0.1, 0.15) is 11.6 Å². The van der Waals surface area contributed by atoms with Crippen LogP contribution in [0.1, 0.15) is 26.2 Å². The summed E-state index contributed by atoms with van der Waals surface area (Å²) in [6, 6.07) is 12.5. The van der Waals surface area contributed by atoms with Gasteiger partial charge in [0.2, 0.25) is 0 Å². The van der Waals surface area contributed by atoms with Crippen molar-refractivity contribution in [3.63, 3.8) is 0 Å². The molecule has 1 fully saturated rings. The highest BCUT2D eigenvalue weighted by Gasteiger charge is 2.24. The van der Waals surface area contributed by atoms with Gasteiger partial charge in [0, 0.05) is 24.2 Å². The van der Waals surface area contributed by atoms with Crippen LogP contribution in [0.15, 0.2) is 36.4 Å². The van der Waals surface area contributed by atoms with Gasteiger partial charge in [-0.05, 0) is 19.3 Å². The van der Waals surface area contributed by atoms with Gasteiger partial charge in [-0.1, -0.05) is 37.3 Å². The van der Waals surface area contributed by atoms with E-state index in [9.17, 15) is 0 Å². The van der Waals surface area contributed by atoms with Gasteiger partial charge in [-0.15, -0.1) is 0 Å². The van der Waals surface area contributed by atoms with Gasteiger partial charge in [0.05, 0.1) is 0 Å². The molecule has 1 aromatic carbocycles. The van der Waals surface area contributed by atoms with Crippen LogP contribution in [-0.2, 0) is 0 Å². The molecule has 1 unspecified atom stereocenters. The molecular weight excluding hydrogens is 248 g/mol. The highest BCUT2D eigenvalue weighted by atomic mass is 15.2. The molecular formula is C16H20N4. The first-order chi connectivity index (χ1) is 9.78. The first kappa shape index (κ1) is 12.9. The molecule has 0 saturated carbocycles. The summed E-state index contributed by atoms with van der Waals surface area (Å²) >= 11 is 0. The second-order valence-corrected chi connectivity index (χ2v) is 5.24. The third-order valence-corrected chi connectivity index (χ3v) is 3.91. The first-order valence-electron chi connectivity index (χ1n) is 7.24. The van der Waals surface area contributed by atoms with Crippen molar-refractivity contribution in [1.82, 2.24) is 9.97 Å². The molecule has 2 N–H and O–H groups in total. The lowest BCUT2D eigenvalue weighted by Crippen LogP contribution is -2.29. The Hall–Kier alpha value is -2.10. The van der Waals surface area contributed by atoms with Crippen LogP contribution in [0.25, 0.3) is 11.4 Å². The van der Waals surface area contributed by atoms with Crippen molar-refractivity contribution in [3.05, 3.63) is 36.4 Å². The van der Waals surface area contributed by atoms with Crippen molar-refractivity contribution in [2.75, 3.05) is 17.2 Å². The summed E-state index contributed by atoms with van der Waals surface area (Å²) in [6.07, 6.45) is 3.61. The maximum Gasteiger partial charge on any atom is 0.163 e. The van der Waals surface area contributed by atoms with Crippen LogP contribution in [0.5, 0.6) is 0 Å². The molecule has 1 aliphatic heterocycles. The molecule has 2 aromatic rings. The van der Waals surface area contributed by atoms with Crippen LogP contribution in [0, 0.1) is 0 Å². The minimum absolute atomic E-state index is 0.538. The number of hydrogen-bond donors (Lipinski definition) is 1. The Morgan fingerprint density at radius 2 is 2.05 bits per heavy atom. The Balaban J connectivity index is 1.99. The van der Waals surface area contributed by atoms with Crippen LogP contribution < -0.4 is 10.6 Å². The van der Waals surface area contributed by atoms with Crippen LogP contribution in [-0.4, -0.2) is 22.6 Å². The van der Waals surface area contributed by atoms with Gasteiger partial charge < -0.3 is 10.6 Å². The topological polar surface area (TPSA) is 55.0 Å². The van der Waals surface area contributed by atoms with Crippen molar-refractivity contribution in [2.45, 2.75) is 32.2 Å². The molecule has 1 aliphatic rings. The fourth-order valence-electron chi connectivity index (χ4n) is 2.88. The normalized spacial score (nSPS) is 18.4. The smallest absolute Gasteiger partial charge is 0.163 e. The molecule has 2 heterocycles. The minimum atomic E-state index is 0.538. The second-order valence-electron chi connectivity index (χ2n) is 5.24. The number of rotatable bonds is 3. The lowest BCUT2D eigenvalue weighted by Gasteiger charge is -2.25. The lowest BCUT2D eigenvalue weighted by molar-refractivity contribution is 0.640. The number of nitrogens with zero attached hydrogens (tertiary/aromatic N) is 3. The average Bonchev–Trinajstić information content (AvgIpc) is 2.96. The Morgan fingerprint density at radius 3 is 2.80 bits per heavy atom. The number of aromatic nitrogens is 2. The SMILES string of the molecule is CCC1CCCN1c1cc(N)nc(-c2ccccc2)n1. The molecule has 104 valence electrons. The average molecular weight is 268 g/mol. The zero-order valence-electron chi connectivity index (χ0n) is 11.8.